The van der Waals surface area contributed by atoms with Gasteiger partial charge in [-0.25, -0.2) is 14.2 Å². The maximum absolute atomic E-state index is 13.4. The summed E-state index contributed by atoms with van der Waals surface area (Å²) >= 11 is 0. The van der Waals surface area contributed by atoms with Crippen molar-refractivity contribution in [2.24, 2.45) is 7.05 Å². The van der Waals surface area contributed by atoms with Crippen LogP contribution in [0.5, 0.6) is 0 Å². The first-order valence-electron chi connectivity index (χ1n) is 12.1. The number of alkyl halides is 3. The molecule has 0 bridgehead atoms. The van der Waals surface area contributed by atoms with Gasteiger partial charge in [0.2, 0.25) is 11.9 Å². The highest BCUT2D eigenvalue weighted by atomic mass is 19.4. The number of nitrogens with zero attached hydrogens (tertiary/aromatic N) is 5. The molecule has 2 aromatic heterocycles. The predicted octanol–water partition coefficient (Wildman–Crippen LogP) is 0.279. The summed E-state index contributed by atoms with van der Waals surface area (Å²) in [4.78, 5) is 54.6. The second kappa shape index (κ2) is 13.0. The normalized spacial score (nSPS) is 13.2. The van der Waals surface area contributed by atoms with Crippen LogP contribution in [-0.4, -0.2) is 68.0 Å². The minimum Gasteiger partial charge on any atom is -0.475 e. The number of amides is 1. The van der Waals surface area contributed by atoms with Gasteiger partial charge in [0.25, 0.3) is 5.56 Å². The van der Waals surface area contributed by atoms with Gasteiger partial charge in [0.1, 0.15) is 6.54 Å². The lowest BCUT2D eigenvalue weighted by Gasteiger charge is -2.28. The number of nitrogens with one attached hydrogen (secondary N) is 2. The van der Waals surface area contributed by atoms with Crippen molar-refractivity contribution in [1.82, 2.24) is 29.3 Å². The van der Waals surface area contributed by atoms with Crippen LogP contribution in [0.25, 0.3) is 11.2 Å². The van der Waals surface area contributed by atoms with E-state index < -0.39 is 29.3 Å². The lowest BCUT2D eigenvalue weighted by Crippen LogP contribution is -2.45. The molecule has 1 amide bonds. The van der Waals surface area contributed by atoms with Crippen molar-refractivity contribution in [3.8, 4) is 11.8 Å². The molecule has 0 saturated carbocycles. The molecule has 0 aliphatic carbocycles. The highest BCUT2D eigenvalue weighted by Gasteiger charge is 2.38. The summed E-state index contributed by atoms with van der Waals surface area (Å²) in [5.74, 6) is 3.28. The maximum atomic E-state index is 13.4. The van der Waals surface area contributed by atoms with E-state index in [4.69, 9.17) is 9.90 Å². The van der Waals surface area contributed by atoms with E-state index in [0.717, 1.165) is 36.3 Å². The van der Waals surface area contributed by atoms with Crippen LogP contribution >= 0.6 is 0 Å². The van der Waals surface area contributed by atoms with Crippen LogP contribution < -0.4 is 26.8 Å². The van der Waals surface area contributed by atoms with Crippen molar-refractivity contribution in [2.45, 2.75) is 32.7 Å². The molecule has 4 rings (SSSR count). The highest BCUT2D eigenvalue weighted by molar-refractivity contribution is 5.78. The third-order valence-corrected chi connectivity index (χ3v) is 5.90. The Morgan fingerprint density at radius 3 is 2.33 bits per heavy atom. The molecule has 0 spiro atoms. The zero-order valence-electron chi connectivity index (χ0n) is 21.8. The van der Waals surface area contributed by atoms with Crippen LogP contribution in [0, 0.1) is 11.8 Å². The van der Waals surface area contributed by atoms with Crippen LogP contribution in [0.4, 0.5) is 19.1 Å². The number of fused-ring (bicyclic) bond motifs is 1. The van der Waals surface area contributed by atoms with Crippen LogP contribution in [0.1, 0.15) is 12.5 Å². The van der Waals surface area contributed by atoms with E-state index in [9.17, 15) is 27.6 Å². The first-order valence-corrected chi connectivity index (χ1v) is 12.1. The van der Waals surface area contributed by atoms with Crippen molar-refractivity contribution < 1.29 is 27.9 Å². The number of aromatic nitrogens is 4. The number of hydrogen-bond donors (Lipinski definition) is 3. The summed E-state index contributed by atoms with van der Waals surface area (Å²) < 4.78 is 35.8. The molecule has 214 valence electrons. The molecule has 1 aliphatic rings. The molecule has 3 aromatic rings. The number of imidazole rings is 1. The molecule has 0 radical (unpaired) electrons. The lowest BCUT2D eigenvalue weighted by molar-refractivity contribution is -0.192. The van der Waals surface area contributed by atoms with Crippen molar-refractivity contribution in [1.29, 1.82) is 0 Å². The fourth-order valence-corrected chi connectivity index (χ4v) is 3.91. The molecule has 3 heterocycles. The molecular formula is C25H28F3N7O5. The van der Waals surface area contributed by atoms with E-state index in [-0.39, 0.29) is 24.3 Å². The number of hydrogen-bond acceptors (Lipinski definition) is 7. The summed E-state index contributed by atoms with van der Waals surface area (Å²) in [6, 6.07) is 9.44. The monoisotopic (exact) mass is 563 g/mol. The first-order chi connectivity index (χ1) is 19.0. The average molecular weight is 564 g/mol. The standard InChI is InChI=1S/C23H27N7O3.C2HF3O2/c1-3-4-12-29-19-20(26-22(29)28-13-10-24-11-14-28)27(2)23(33)30(21(19)32)16-18(31)25-15-17-8-6-5-7-9-17;3-2(4,5)1(6)7/h5-9,24H,10-16H2,1-2H3,(H,25,31);(H,6,7). The summed E-state index contributed by atoms with van der Waals surface area (Å²) in [7, 11) is 1.56. The number of benzene rings is 1. The fraction of sp³-hybridized carbons (Fsp3) is 0.400. The largest absolute Gasteiger partial charge is 0.490 e. The zero-order chi connectivity index (χ0) is 29.4. The zero-order valence-corrected chi connectivity index (χ0v) is 21.8. The Kier molecular flexibility index (Phi) is 9.73. The topological polar surface area (TPSA) is 143 Å². The number of aliphatic carboxylic acids is 1. The van der Waals surface area contributed by atoms with Gasteiger partial charge in [0.05, 0.1) is 6.54 Å². The highest BCUT2D eigenvalue weighted by Crippen LogP contribution is 2.20. The Labute approximate surface area is 226 Å². The molecule has 40 heavy (non-hydrogen) atoms. The summed E-state index contributed by atoms with van der Waals surface area (Å²) in [5.41, 5.74) is 0.357. The van der Waals surface area contributed by atoms with Crippen LogP contribution in [0.3, 0.4) is 0 Å². The number of piperazine rings is 1. The SMILES string of the molecule is CC#CCn1c(N2CCNCC2)nc2c1c(=O)n(CC(=O)NCc1ccccc1)c(=O)n2C.O=C(O)C(F)(F)F. The summed E-state index contributed by atoms with van der Waals surface area (Å²) in [5, 5.41) is 13.2. The second-order valence-corrected chi connectivity index (χ2v) is 8.63. The van der Waals surface area contributed by atoms with Gasteiger partial charge in [-0.2, -0.15) is 18.2 Å². The van der Waals surface area contributed by atoms with E-state index in [2.05, 4.69) is 32.4 Å². The van der Waals surface area contributed by atoms with Crippen molar-refractivity contribution in [3.05, 3.63) is 56.7 Å². The molecule has 1 fully saturated rings. The van der Waals surface area contributed by atoms with Crippen LogP contribution in [0.2, 0.25) is 0 Å². The van der Waals surface area contributed by atoms with E-state index in [0.29, 0.717) is 12.5 Å². The Balaban J connectivity index is 0.000000559. The van der Waals surface area contributed by atoms with Gasteiger partial charge in [0.15, 0.2) is 11.2 Å². The lowest BCUT2D eigenvalue weighted by atomic mass is 10.2. The van der Waals surface area contributed by atoms with Gasteiger partial charge >= 0.3 is 17.8 Å². The molecular weight excluding hydrogens is 535 g/mol. The Morgan fingerprint density at radius 1 is 1.12 bits per heavy atom. The first kappa shape index (κ1) is 30.0. The molecule has 1 saturated heterocycles. The van der Waals surface area contributed by atoms with Crippen LogP contribution in [-0.2, 0) is 36.3 Å². The van der Waals surface area contributed by atoms with Crippen molar-refractivity contribution >= 4 is 29.0 Å². The molecule has 1 aliphatic heterocycles. The van der Waals surface area contributed by atoms with Gasteiger partial charge in [-0.15, -0.1) is 5.92 Å². The molecule has 0 atom stereocenters. The van der Waals surface area contributed by atoms with Crippen molar-refractivity contribution in [3.63, 3.8) is 0 Å². The predicted molar refractivity (Wildman–Crippen MR) is 140 cm³/mol. The fourth-order valence-electron chi connectivity index (χ4n) is 3.91. The average Bonchev–Trinajstić information content (AvgIpc) is 3.32. The molecule has 12 nitrogen and oxygen atoms in total. The molecule has 0 unspecified atom stereocenters. The second-order valence-electron chi connectivity index (χ2n) is 8.63. The number of anilines is 1. The van der Waals surface area contributed by atoms with Crippen LogP contribution in [0.15, 0.2) is 39.9 Å². The third-order valence-electron chi connectivity index (χ3n) is 5.90. The summed E-state index contributed by atoms with van der Waals surface area (Å²) in [6.07, 6.45) is -5.08. The number of carbonyl (C=O) groups excluding carboxylic acids is 1. The van der Waals surface area contributed by atoms with E-state index in [1.807, 2.05) is 30.3 Å². The van der Waals surface area contributed by atoms with Gasteiger partial charge in [0, 0.05) is 39.8 Å². The number of carboxylic acid groups (broad SMARTS) is 1. The van der Waals surface area contributed by atoms with E-state index in [1.165, 1.54) is 4.57 Å². The minimum absolute atomic E-state index is 0.264. The molecule has 1 aromatic carbocycles. The van der Waals surface area contributed by atoms with Crippen molar-refractivity contribution in [2.75, 3.05) is 31.1 Å². The van der Waals surface area contributed by atoms with Gasteiger partial charge in [-0.1, -0.05) is 36.3 Å². The number of carboxylic acids is 1. The van der Waals surface area contributed by atoms with E-state index in [1.54, 1.807) is 18.5 Å². The number of aryl methyl sites for hydroxylation is 1. The number of halogens is 3. The quantitative estimate of drug-likeness (QED) is 0.363. The van der Waals surface area contributed by atoms with Gasteiger partial charge in [-0.3, -0.25) is 18.7 Å². The van der Waals surface area contributed by atoms with E-state index >= 15 is 0 Å². The third kappa shape index (κ3) is 7.08. The van der Waals surface area contributed by atoms with Gasteiger partial charge in [-0.05, 0) is 12.5 Å². The molecule has 15 heteroatoms. The maximum Gasteiger partial charge on any atom is 0.490 e. The number of carbonyl (C=O) groups is 2. The smallest absolute Gasteiger partial charge is 0.475 e. The minimum atomic E-state index is -5.08. The Bertz CT molecular complexity index is 1540. The summed E-state index contributed by atoms with van der Waals surface area (Å²) in [6.45, 7) is 4.99. The molecule has 3 N–H and O–H groups in total. The number of rotatable bonds is 6. The Hall–Kier alpha value is -4.58. The Morgan fingerprint density at radius 2 is 1.75 bits per heavy atom. The van der Waals surface area contributed by atoms with Gasteiger partial charge < -0.3 is 20.6 Å².